The highest BCUT2D eigenvalue weighted by molar-refractivity contribution is 4.73. The molecular weight excluding hydrogens is 208 g/mol. The van der Waals surface area contributed by atoms with E-state index in [1.54, 1.807) is 0 Å². The van der Waals surface area contributed by atoms with Gasteiger partial charge in [0.15, 0.2) is 0 Å². The molecule has 2 aliphatic rings. The van der Waals surface area contributed by atoms with Gasteiger partial charge in [0.1, 0.15) is 0 Å². The van der Waals surface area contributed by atoms with Crippen LogP contribution in [0.15, 0.2) is 0 Å². The highest BCUT2D eigenvalue weighted by Gasteiger charge is 2.16. The van der Waals surface area contributed by atoms with Crippen LogP contribution in [0.5, 0.6) is 0 Å². The maximum absolute atomic E-state index is 3.78. The van der Waals surface area contributed by atoms with Crippen molar-refractivity contribution >= 4 is 0 Å². The number of rotatable bonds is 4. The Bertz CT molecular complexity index is 189. The van der Waals surface area contributed by atoms with Crippen molar-refractivity contribution in [1.29, 1.82) is 0 Å². The predicted octanol–water partition coefficient (Wildman–Crippen LogP) is 3.03. The van der Waals surface area contributed by atoms with E-state index >= 15 is 0 Å². The zero-order valence-electron chi connectivity index (χ0n) is 11.6. The Kier molecular flexibility index (Phi) is 5.79. The summed E-state index contributed by atoms with van der Waals surface area (Å²) in [6.45, 7) is 7.52. The molecule has 17 heavy (non-hydrogen) atoms. The van der Waals surface area contributed by atoms with Gasteiger partial charge in [0.25, 0.3) is 0 Å². The summed E-state index contributed by atoms with van der Waals surface area (Å²) >= 11 is 0. The molecule has 0 unspecified atom stereocenters. The molecule has 0 bridgehead atoms. The highest BCUT2D eigenvalue weighted by atomic mass is 15.1. The normalized spacial score (nSPS) is 25.9. The molecule has 2 fully saturated rings. The maximum Gasteiger partial charge on any atom is 0.0107 e. The number of hydrogen-bond acceptors (Lipinski definition) is 2. The summed E-state index contributed by atoms with van der Waals surface area (Å²) in [5.74, 6) is 0.959. The zero-order valence-corrected chi connectivity index (χ0v) is 11.6. The quantitative estimate of drug-likeness (QED) is 0.757. The Morgan fingerprint density at radius 3 is 2.24 bits per heavy atom. The van der Waals surface area contributed by atoms with Crippen molar-refractivity contribution in [1.82, 2.24) is 10.2 Å². The highest BCUT2D eigenvalue weighted by Crippen LogP contribution is 2.17. The van der Waals surface area contributed by atoms with Gasteiger partial charge >= 0.3 is 0 Å². The Labute approximate surface area is 107 Å². The molecule has 0 aromatic carbocycles. The second-order valence-electron chi connectivity index (χ2n) is 6.17. The third kappa shape index (κ3) is 4.97. The number of nitrogens with zero attached hydrogens (tertiary/aromatic N) is 1. The molecule has 1 saturated carbocycles. The van der Waals surface area contributed by atoms with Crippen LogP contribution >= 0.6 is 0 Å². The lowest BCUT2D eigenvalue weighted by molar-refractivity contribution is 0.190. The Morgan fingerprint density at radius 1 is 0.941 bits per heavy atom. The van der Waals surface area contributed by atoms with Gasteiger partial charge in [0, 0.05) is 19.1 Å². The van der Waals surface area contributed by atoms with E-state index in [4.69, 9.17) is 0 Å². The number of nitrogens with one attached hydrogen (secondary N) is 1. The lowest BCUT2D eigenvalue weighted by atomic mass is 9.99. The van der Waals surface area contributed by atoms with E-state index in [-0.39, 0.29) is 0 Å². The molecule has 0 aromatic heterocycles. The summed E-state index contributed by atoms with van der Waals surface area (Å²) in [6.07, 6.45) is 11.4. The van der Waals surface area contributed by atoms with E-state index in [1.165, 1.54) is 77.5 Å². The molecule has 0 radical (unpaired) electrons. The van der Waals surface area contributed by atoms with Crippen molar-refractivity contribution in [2.24, 2.45) is 5.92 Å². The Morgan fingerprint density at radius 2 is 1.59 bits per heavy atom. The van der Waals surface area contributed by atoms with Crippen LogP contribution in [-0.4, -0.2) is 37.1 Å². The van der Waals surface area contributed by atoms with Crippen molar-refractivity contribution in [2.75, 3.05) is 26.2 Å². The van der Waals surface area contributed by atoms with Crippen molar-refractivity contribution in [3.8, 4) is 0 Å². The molecule has 0 spiro atoms. The minimum Gasteiger partial charge on any atom is -0.313 e. The smallest absolute Gasteiger partial charge is 0.0107 e. The third-order valence-electron chi connectivity index (χ3n) is 4.59. The fourth-order valence-electron chi connectivity index (χ4n) is 3.20. The van der Waals surface area contributed by atoms with Gasteiger partial charge in [-0.25, -0.2) is 0 Å². The first-order valence-electron chi connectivity index (χ1n) is 7.80. The zero-order chi connectivity index (χ0) is 11.9. The molecule has 1 aliphatic carbocycles. The second-order valence-corrected chi connectivity index (χ2v) is 6.17. The molecule has 1 saturated heterocycles. The van der Waals surface area contributed by atoms with Gasteiger partial charge in [-0.15, -0.1) is 0 Å². The second kappa shape index (κ2) is 7.38. The van der Waals surface area contributed by atoms with E-state index in [1.807, 2.05) is 0 Å². The summed E-state index contributed by atoms with van der Waals surface area (Å²) < 4.78 is 0. The average Bonchev–Trinajstić information content (AvgIpc) is 2.60. The molecule has 2 rings (SSSR count). The van der Waals surface area contributed by atoms with Crippen LogP contribution < -0.4 is 5.32 Å². The Balaban J connectivity index is 1.55. The van der Waals surface area contributed by atoms with Crippen LogP contribution in [-0.2, 0) is 0 Å². The van der Waals surface area contributed by atoms with Crippen molar-refractivity contribution in [2.45, 2.75) is 64.3 Å². The van der Waals surface area contributed by atoms with Crippen LogP contribution in [0.1, 0.15) is 58.3 Å². The van der Waals surface area contributed by atoms with Gasteiger partial charge in [0.05, 0.1) is 0 Å². The van der Waals surface area contributed by atoms with Gasteiger partial charge < -0.3 is 10.2 Å². The predicted molar refractivity (Wildman–Crippen MR) is 74.3 cm³/mol. The van der Waals surface area contributed by atoms with Gasteiger partial charge in [-0.2, -0.15) is 0 Å². The molecule has 1 heterocycles. The number of likely N-dealkylation sites (tertiary alicyclic amines) is 1. The summed E-state index contributed by atoms with van der Waals surface area (Å²) in [5.41, 5.74) is 0. The third-order valence-corrected chi connectivity index (χ3v) is 4.59. The molecule has 0 atom stereocenters. The van der Waals surface area contributed by atoms with E-state index in [0.29, 0.717) is 0 Å². The van der Waals surface area contributed by atoms with Gasteiger partial charge in [-0.3, -0.25) is 0 Å². The van der Waals surface area contributed by atoms with Crippen LogP contribution in [0.25, 0.3) is 0 Å². The molecule has 0 aromatic rings. The summed E-state index contributed by atoms with van der Waals surface area (Å²) in [7, 11) is 0. The maximum atomic E-state index is 3.78. The number of hydrogen-bond donors (Lipinski definition) is 1. The first-order chi connectivity index (χ1) is 8.34. The minimum absolute atomic E-state index is 0.821. The van der Waals surface area contributed by atoms with E-state index in [0.717, 1.165) is 12.0 Å². The fourth-order valence-corrected chi connectivity index (χ4v) is 3.20. The van der Waals surface area contributed by atoms with E-state index in [9.17, 15) is 0 Å². The molecule has 2 nitrogen and oxygen atoms in total. The standard InChI is InChI=1S/C15H30N2/c1-14-8-11-17(12-9-14)13-10-16-15-6-4-2-3-5-7-15/h14-16H,2-13H2,1H3. The van der Waals surface area contributed by atoms with Crippen LogP contribution in [0.2, 0.25) is 0 Å². The minimum atomic E-state index is 0.821. The first-order valence-corrected chi connectivity index (χ1v) is 7.80. The molecular formula is C15H30N2. The largest absolute Gasteiger partial charge is 0.313 e. The van der Waals surface area contributed by atoms with E-state index < -0.39 is 0 Å². The first kappa shape index (κ1) is 13.4. The van der Waals surface area contributed by atoms with Gasteiger partial charge in [-0.1, -0.05) is 32.6 Å². The van der Waals surface area contributed by atoms with Crippen molar-refractivity contribution in [3.63, 3.8) is 0 Å². The fraction of sp³-hybridized carbons (Fsp3) is 1.00. The Hall–Kier alpha value is -0.0800. The molecule has 1 N–H and O–H groups in total. The van der Waals surface area contributed by atoms with Crippen LogP contribution in [0, 0.1) is 5.92 Å². The lowest BCUT2D eigenvalue weighted by Crippen LogP contribution is -2.40. The van der Waals surface area contributed by atoms with Crippen LogP contribution in [0.4, 0.5) is 0 Å². The molecule has 0 amide bonds. The molecule has 1 aliphatic heterocycles. The monoisotopic (exact) mass is 238 g/mol. The average molecular weight is 238 g/mol. The van der Waals surface area contributed by atoms with Crippen molar-refractivity contribution < 1.29 is 0 Å². The SMILES string of the molecule is CC1CCN(CCNC2CCCCCC2)CC1. The summed E-state index contributed by atoms with van der Waals surface area (Å²) in [5, 5.41) is 3.78. The number of piperidine rings is 1. The topological polar surface area (TPSA) is 15.3 Å². The van der Waals surface area contributed by atoms with Gasteiger partial charge in [0.2, 0.25) is 0 Å². The summed E-state index contributed by atoms with van der Waals surface area (Å²) in [6, 6.07) is 0.821. The van der Waals surface area contributed by atoms with Crippen molar-refractivity contribution in [3.05, 3.63) is 0 Å². The lowest BCUT2D eigenvalue weighted by Gasteiger charge is -2.30. The van der Waals surface area contributed by atoms with Gasteiger partial charge in [-0.05, 0) is 44.7 Å². The van der Waals surface area contributed by atoms with E-state index in [2.05, 4.69) is 17.1 Å². The summed E-state index contributed by atoms with van der Waals surface area (Å²) in [4.78, 5) is 2.64. The van der Waals surface area contributed by atoms with Crippen LogP contribution in [0.3, 0.4) is 0 Å². The molecule has 2 heteroatoms. The molecule has 100 valence electrons.